The number of hydrogen-bond acceptors (Lipinski definition) is 3. The highest BCUT2D eigenvalue weighted by atomic mass is 16.5. The summed E-state index contributed by atoms with van der Waals surface area (Å²) in [7, 11) is 0. The molecule has 1 saturated carbocycles. The van der Waals surface area contributed by atoms with Gasteiger partial charge in [0, 0.05) is 6.61 Å². The summed E-state index contributed by atoms with van der Waals surface area (Å²) in [5.74, 6) is 0. The number of aliphatic hydroxyl groups excluding tert-OH is 1. The number of aliphatic hydroxyl groups is 1. The highest BCUT2D eigenvalue weighted by Crippen LogP contribution is 2.20. The minimum Gasteiger partial charge on any atom is -0.391 e. The number of benzene rings is 1. The van der Waals surface area contributed by atoms with Gasteiger partial charge in [0.05, 0.1) is 25.4 Å². The van der Waals surface area contributed by atoms with Crippen molar-refractivity contribution in [3.63, 3.8) is 0 Å². The predicted molar refractivity (Wildman–Crippen MR) is 79.5 cm³/mol. The van der Waals surface area contributed by atoms with Crippen LogP contribution in [0.1, 0.15) is 44.1 Å². The Balaban J connectivity index is 1.50. The van der Waals surface area contributed by atoms with E-state index in [1.807, 2.05) is 30.3 Å². The molecule has 0 saturated heterocycles. The molecule has 2 rings (SSSR count). The fourth-order valence-electron chi connectivity index (χ4n) is 2.57. The molecule has 1 fully saturated rings. The van der Waals surface area contributed by atoms with Gasteiger partial charge in [-0.05, 0) is 24.8 Å². The molecule has 0 aliphatic heterocycles. The molecule has 0 radical (unpaired) electrons. The maximum Gasteiger partial charge on any atom is 0.0795 e. The molecule has 1 aromatic carbocycles. The Kier molecular flexibility index (Phi) is 7.06. The van der Waals surface area contributed by atoms with Crippen LogP contribution in [0.15, 0.2) is 30.3 Å². The fraction of sp³-hybridized carbons (Fsp3) is 0.647. The lowest BCUT2D eigenvalue weighted by atomic mass is 9.98. The zero-order valence-electron chi connectivity index (χ0n) is 12.2. The highest BCUT2D eigenvalue weighted by Gasteiger charge is 2.14. The molecule has 0 amide bonds. The zero-order chi connectivity index (χ0) is 14.0. The number of hydrogen-bond donors (Lipinski definition) is 1. The van der Waals surface area contributed by atoms with Gasteiger partial charge in [-0.1, -0.05) is 49.6 Å². The first-order valence-electron chi connectivity index (χ1n) is 7.76. The van der Waals surface area contributed by atoms with Gasteiger partial charge in [-0.2, -0.15) is 0 Å². The molecule has 112 valence electrons. The van der Waals surface area contributed by atoms with Crippen LogP contribution in [0.3, 0.4) is 0 Å². The Bertz CT molecular complexity index is 347. The molecular weight excluding hydrogens is 252 g/mol. The van der Waals surface area contributed by atoms with E-state index in [2.05, 4.69) is 0 Å². The van der Waals surface area contributed by atoms with Crippen molar-refractivity contribution < 1.29 is 14.6 Å². The van der Waals surface area contributed by atoms with Crippen LogP contribution in [-0.2, 0) is 16.1 Å². The normalized spacial score (nSPS) is 18.1. The third-order valence-electron chi connectivity index (χ3n) is 3.78. The van der Waals surface area contributed by atoms with Gasteiger partial charge in [-0.25, -0.2) is 0 Å². The molecule has 0 bridgehead atoms. The molecule has 1 atom stereocenters. The van der Waals surface area contributed by atoms with E-state index in [0.717, 1.165) is 5.56 Å². The van der Waals surface area contributed by atoms with Gasteiger partial charge in [-0.3, -0.25) is 0 Å². The number of ether oxygens (including phenoxy) is 2. The van der Waals surface area contributed by atoms with Crippen LogP contribution in [0.5, 0.6) is 0 Å². The molecule has 3 nitrogen and oxygen atoms in total. The Hall–Kier alpha value is -0.900. The van der Waals surface area contributed by atoms with E-state index in [1.165, 1.54) is 32.1 Å². The van der Waals surface area contributed by atoms with Gasteiger partial charge in [0.1, 0.15) is 0 Å². The molecule has 1 aliphatic carbocycles. The third-order valence-corrected chi connectivity index (χ3v) is 3.78. The summed E-state index contributed by atoms with van der Waals surface area (Å²) < 4.78 is 11.3. The summed E-state index contributed by atoms with van der Waals surface area (Å²) in [5.41, 5.74) is 1.14. The van der Waals surface area contributed by atoms with Gasteiger partial charge in [-0.15, -0.1) is 0 Å². The maximum absolute atomic E-state index is 9.85. The van der Waals surface area contributed by atoms with Crippen molar-refractivity contribution in [3.8, 4) is 0 Å². The SMILES string of the molecule is OC(CCOC1CCCCC1)COCc1ccccc1. The fourth-order valence-corrected chi connectivity index (χ4v) is 2.57. The summed E-state index contributed by atoms with van der Waals surface area (Å²) in [5, 5.41) is 9.85. The second-order valence-electron chi connectivity index (χ2n) is 5.57. The smallest absolute Gasteiger partial charge is 0.0795 e. The average molecular weight is 278 g/mol. The van der Waals surface area contributed by atoms with Crippen molar-refractivity contribution in [2.45, 2.75) is 57.3 Å². The first-order chi connectivity index (χ1) is 9.84. The quantitative estimate of drug-likeness (QED) is 0.793. The van der Waals surface area contributed by atoms with E-state index in [1.54, 1.807) is 0 Å². The lowest BCUT2D eigenvalue weighted by Crippen LogP contribution is -2.22. The van der Waals surface area contributed by atoms with Gasteiger partial charge in [0.2, 0.25) is 0 Å². The minimum atomic E-state index is -0.428. The van der Waals surface area contributed by atoms with E-state index >= 15 is 0 Å². The highest BCUT2D eigenvalue weighted by molar-refractivity contribution is 5.13. The second-order valence-corrected chi connectivity index (χ2v) is 5.57. The van der Waals surface area contributed by atoms with Crippen LogP contribution in [0.2, 0.25) is 0 Å². The first kappa shape index (κ1) is 15.5. The topological polar surface area (TPSA) is 38.7 Å². The third kappa shape index (κ3) is 6.04. The monoisotopic (exact) mass is 278 g/mol. The molecule has 1 aliphatic rings. The Morgan fingerprint density at radius 1 is 1.10 bits per heavy atom. The van der Waals surface area contributed by atoms with Crippen molar-refractivity contribution in [2.75, 3.05) is 13.2 Å². The molecule has 1 unspecified atom stereocenters. The van der Waals surface area contributed by atoms with Crippen molar-refractivity contribution in [3.05, 3.63) is 35.9 Å². The van der Waals surface area contributed by atoms with Crippen LogP contribution < -0.4 is 0 Å². The predicted octanol–water partition coefficient (Wildman–Crippen LogP) is 3.30. The number of rotatable bonds is 8. The van der Waals surface area contributed by atoms with Crippen LogP contribution in [-0.4, -0.2) is 30.5 Å². The average Bonchev–Trinajstić information content (AvgIpc) is 2.49. The maximum atomic E-state index is 9.85. The lowest BCUT2D eigenvalue weighted by Gasteiger charge is -2.22. The Labute approximate surface area is 121 Å². The van der Waals surface area contributed by atoms with E-state index in [9.17, 15) is 5.11 Å². The van der Waals surface area contributed by atoms with Crippen molar-refractivity contribution in [1.82, 2.24) is 0 Å². The standard InChI is InChI=1S/C17H26O3/c18-16(11-12-20-17-9-5-2-6-10-17)14-19-13-15-7-3-1-4-8-15/h1,3-4,7-8,16-18H,2,5-6,9-14H2. The lowest BCUT2D eigenvalue weighted by molar-refractivity contribution is -0.0170. The van der Waals surface area contributed by atoms with Crippen LogP contribution >= 0.6 is 0 Å². The van der Waals surface area contributed by atoms with Crippen LogP contribution in [0.4, 0.5) is 0 Å². The van der Waals surface area contributed by atoms with Gasteiger partial charge in [0.15, 0.2) is 0 Å². The van der Waals surface area contributed by atoms with Gasteiger partial charge in [0.25, 0.3) is 0 Å². The molecule has 20 heavy (non-hydrogen) atoms. The Morgan fingerprint density at radius 2 is 1.85 bits per heavy atom. The van der Waals surface area contributed by atoms with Gasteiger partial charge >= 0.3 is 0 Å². The summed E-state index contributed by atoms with van der Waals surface area (Å²) >= 11 is 0. The van der Waals surface area contributed by atoms with E-state index in [4.69, 9.17) is 9.47 Å². The van der Waals surface area contributed by atoms with E-state index in [0.29, 0.717) is 32.3 Å². The van der Waals surface area contributed by atoms with Crippen LogP contribution in [0.25, 0.3) is 0 Å². The van der Waals surface area contributed by atoms with Crippen molar-refractivity contribution in [1.29, 1.82) is 0 Å². The summed E-state index contributed by atoms with van der Waals surface area (Å²) in [6, 6.07) is 10.0. The second kappa shape index (κ2) is 9.11. The van der Waals surface area contributed by atoms with Crippen molar-refractivity contribution in [2.24, 2.45) is 0 Å². The van der Waals surface area contributed by atoms with Crippen molar-refractivity contribution >= 4 is 0 Å². The molecule has 1 aromatic rings. The molecule has 1 N–H and O–H groups in total. The minimum absolute atomic E-state index is 0.378. The van der Waals surface area contributed by atoms with Crippen LogP contribution in [0, 0.1) is 0 Å². The van der Waals surface area contributed by atoms with Gasteiger partial charge < -0.3 is 14.6 Å². The summed E-state index contributed by atoms with van der Waals surface area (Å²) in [4.78, 5) is 0. The van der Waals surface area contributed by atoms with E-state index < -0.39 is 6.10 Å². The molecule has 0 aromatic heterocycles. The zero-order valence-corrected chi connectivity index (χ0v) is 12.2. The summed E-state index contributed by atoms with van der Waals surface area (Å²) in [6.07, 6.45) is 6.92. The molecule has 3 heteroatoms. The van der Waals surface area contributed by atoms with E-state index in [-0.39, 0.29) is 0 Å². The molecule has 0 heterocycles. The first-order valence-corrected chi connectivity index (χ1v) is 7.76. The Morgan fingerprint density at radius 3 is 2.60 bits per heavy atom. The summed E-state index contributed by atoms with van der Waals surface area (Å²) in [6.45, 7) is 1.57. The largest absolute Gasteiger partial charge is 0.391 e. The molecular formula is C17H26O3. The molecule has 0 spiro atoms.